The first kappa shape index (κ1) is 15.7. The number of anilines is 1. The highest BCUT2D eigenvalue weighted by Gasteiger charge is 2.39. The monoisotopic (exact) mass is 345 g/mol. The molecule has 0 aliphatic carbocycles. The molecule has 4 rings (SSSR count). The standard InChI is InChI=1S/C17H19N3O3S/c18-16-19-15(21)14(24-16)11-12-1-3-13(4-2-12)20-7-5-17(6-8-20)22-9-10-23-17/h1-4,11H,5-10H2,(H2,18,19,21). The summed E-state index contributed by atoms with van der Waals surface area (Å²) in [6.07, 6.45) is 3.59. The van der Waals surface area contributed by atoms with E-state index in [4.69, 9.17) is 14.9 Å². The molecule has 126 valence electrons. The van der Waals surface area contributed by atoms with Gasteiger partial charge < -0.3 is 19.7 Å². The van der Waals surface area contributed by atoms with Gasteiger partial charge in [-0.1, -0.05) is 12.1 Å². The highest BCUT2D eigenvalue weighted by atomic mass is 32.2. The third-order valence-electron chi connectivity index (χ3n) is 4.56. The number of amidine groups is 1. The zero-order chi connectivity index (χ0) is 16.6. The minimum atomic E-state index is -0.349. The van der Waals surface area contributed by atoms with Crippen LogP contribution in [-0.4, -0.2) is 43.2 Å². The van der Waals surface area contributed by atoms with Crippen LogP contribution >= 0.6 is 11.8 Å². The molecule has 24 heavy (non-hydrogen) atoms. The SMILES string of the molecule is N=C1NC(=O)C(=Cc2ccc(N3CCC4(CC3)OCCO4)cc2)S1. The lowest BCUT2D eigenvalue weighted by Gasteiger charge is -2.38. The molecule has 1 spiro atoms. The molecule has 0 aromatic heterocycles. The van der Waals surface area contributed by atoms with Gasteiger partial charge in [0.15, 0.2) is 11.0 Å². The number of thioether (sulfide) groups is 1. The Morgan fingerprint density at radius 3 is 2.42 bits per heavy atom. The fourth-order valence-corrected chi connectivity index (χ4v) is 3.97. The van der Waals surface area contributed by atoms with Crippen molar-refractivity contribution in [2.45, 2.75) is 18.6 Å². The molecule has 3 fully saturated rings. The van der Waals surface area contributed by atoms with Crippen LogP contribution in [-0.2, 0) is 14.3 Å². The van der Waals surface area contributed by atoms with Crippen molar-refractivity contribution >= 4 is 34.6 Å². The molecule has 1 aromatic rings. The predicted molar refractivity (Wildman–Crippen MR) is 94.0 cm³/mol. The number of nitrogens with one attached hydrogen (secondary N) is 2. The van der Waals surface area contributed by atoms with Crippen LogP contribution in [0.25, 0.3) is 6.08 Å². The molecule has 3 aliphatic rings. The van der Waals surface area contributed by atoms with Crippen LogP contribution in [0.1, 0.15) is 18.4 Å². The van der Waals surface area contributed by atoms with Crippen LogP contribution in [0.5, 0.6) is 0 Å². The summed E-state index contributed by atoms with van der Waals surface area (Å²) in [7, 11) is 0. The maximum atomic E-state index is 11.7. The lowest BCUT2D eigenvalue weighted by Crippen LogP contribution is -2.45. The van der Waals surface area contributed by atoms with Gasteiger partial charge in [-0.2, -0.15) is 0 Å². The maximum absolute atomic E-state index is 11.7. The average Bonchev–Trinajstić information content (AvgIpc) is 3.16. The van der Waals surface area contributed by atoms with Gasteiger partial charge in [-0.15, -0.1) is 0 Å². The van der Waals surface area contributed by atoms with Crippen molar-refractivity contribution in [1.82, 2.24) is 5.32 Å². The summed E-state index contributed by atoms with van der Waals surface area (Å²) in [5.74, 6) is -0.551. The van der Waals surface area contributed by atoms with Gasteiger partial charge in [0.25, 0.3) is 5.91 Å². The molecule has 2 N–H and O–H groups in total. The van der Waals surface area contributed by atoms with Gasteiger partial charge in [0.1, 0.15) is 0 Å². The Bertz CT molecular complexity index is 686. The Balaban J connectivity index is 1.42. The molecule has 3 heterocycles. The number of hydrogen-bond donors (Lipinski definition) is 2. The van der Waals surface area contributed by atoms with Crippen molar-refractivity contribution in [2.75, 3.05) is 31.2 Å². The summed E-state index contributed by atoms with van der Waals surface area (Å²) in [5, 5.41) is 10.1. The lowest BCUT2D eigenvalue weighted by molar-refractivity contribution is -0.169. The van der Waals surface area contributed by atoms with E-state index in [0.717, 1.165) is 43.3 Å². The first-order valence-electron chi connectivity index (χ1n) is 8.06. The maximum Gasteiger partial charge on any atom is 0.264 e. The third-order valence-corrected chi connectivity index (χ3v) is 5.39. The first-order chi connectivity index (χ1) is 11.6. The van der Waals surface area contributed by atoms with Crippen LogP contribution in [0, 0.1) is 5.41 Å². The Morgan fingerprint density at radius 1 is 1.17 bits per heavy atom. The molecular formula is C17H19N3O3S. The van der Waals surface area contributed by atoms with Crippen molar-refractivity contribution < 1.29 is 14.3 Å². The molecule has 0 atom stereocenters. The minimum Gasteiger partial charge on any atom is -0.371 e. The zero-order valence-corrected chi connectivity index (χ0v) is 14.0. The van der Waals surface area contributed by atoms with Gasteiger partial charge >= 0.3 is 0 Å². The van der Waals surface area contributed by atoms with Crippen molar-refractivity contribution in [1.29, 1.82) is 5.41 Å². The summed E-state index contributed by atoms with van der Waals surface area (Å²) in [4.78, 5) is 14.5. The highest BCUT2D eigenvalue weighted by Crippen LogP contribution is 2.33. The average molecular weight is 345 g/mol. The molecule has 1 aromatic carbocycles. The largest absolute Gasteiger partial charge is 0.371 e. The van der Waals surface area contributed by atoms with E-state index in [1.807, 2.05) is 18.2 Å². The predicted octanol–water partition coefficient (Wildman–Crippen LogP) is 2.17. The molecule has 6 nitrogen and oxygen atoms in total. The second-order valence-electron chi connectivity index (χ2n) is 6.08. The number of carbonyl (C=O) groups excluding carboxylic acids is 1. The second-order valence-corrected chi connectivity index (χ2v) is 7.13. The Hall–Kier alpha value is -1.83. The second kappa shape index (κ2) is 6.23. The lowest BCUT2D eigenvalue weighted by atomic mass is 10.0. The quantitative estimate of drug-likeness (QED) is 0.804. The molecule has 0 radical (unpaired) electrons. The van der Waals surface area contributed by atoms with Crippen LogP contribution in [0.15, 0.2) is 29.2 Å². The molecule has 1 amide bonds. The summed E-state index contributed by atoms with van der Waals surface area (Å²) in [5.41, 5.74) is 2.13. The van der Waals surface area contributed by atoms with E-state index in [0.29, 0.717) is 18.1 Å². The number of amides is 1. The number of piperidine rings is 1. The fourth-order valence-electron chi connectivity index (χ4n) is 3.27. The van der Waals surface area contributed by atoms with Crippen molar-refractivity contribution in [3.8, 4) is 0 Å². The number of rotatable bonds is 2. The van der Waals surface area contributed by atoms with E-state index in [2.05, 4.69) is 22.3 Å². The van der Waals surface area contributed by atoms with Gasteiger partial charge in [-0.25, -0.2) is 0 Å². The number of ether oxygens (including phenoxy) is 2. The molecule has 0 bridgehead atoms. The van der Waals surface area contributed by atoms with E-state index in [9.17, 15) is 4.79 Å². The summed E-state index contributed by atoms with van der Waals surface area (Å²) in [6.45, 7) is 3.23. The molecule has 3 saturated heterocycles. The highest BCUT2D eigenvalue weighted by molar-refractivity contribution is 8.18. The zero-order valence-electron chi connectivity index (χ0n) is 13.2. The summed E-state index contributed by atoms with van der Waals surface area (Å²) < 4.78 is 11.5. The van der Waals surface area contributed by atoms with Crippen LogP contribution in [0.4, 0.5) is 5.69 Å². The Labute approximate surface area is 144 Å². The Morgan fingerprint density at radius 2 is 1.83 bits per heavy atom. The van der Waals surface area contributed by atoms with Crippen molar-refractivity contribution in [2.24, 2.45) is 0 Å². The molecule has 0 unspecified atom stereocenters. The molecular weight excluding hydrogens is 326 g/mol. The van der Waals surface area contributed by atoms with Gasteiger partial charge in [0, 0.05) is 31.6 Å². The van der Waals surface area contributed by atoms with Gasteiger partial charge in [-0.3, -0.25) is 10.2 Å². The van der Waals surface area contributed by atoms with Gasteiger partial charge in [0.2, 0.25) is 0 Å². The first-order valence-corrected chi connectivity index (χ1v) is 8.88. The topological polar surface area (TPSA) is 74.7 Å². The van der Waals surface area contributed by atoms with Crippen LogP contribution in [0.3, 0.4) is 0 Å². The summed E-state index contributed by atoms with van der Waals surface area (Å²) >= 11 is 1.16. The van der Waals surface area contributed by atoms with E-state index < -0.39 is 0 Å². The Kier molecular flexibility index (Phi) is 4.07. The van der Waals surface area contributed by atoms with Crippen LogP contribution in [0.2, 0.25) is 0 Å². The van der Waals surface area contributed by atoms with Gasteiger partial charge in [0.05, 0.1) is 18.1 Å². The molecule has 7 heteroatoms. The number of hydrogen-bond acceptors (Lipinski definition) is 6. The van der Waals surface area contributed by atoms with E-state index >= 15 is 0 Å². The fraction of sp³-hybridized carbons (Fsp3) is 0.412. The minimum absolute atomic E-state index is 0.182. The van der Waals surface area contributed by atoms with Crippen molar-refractivity contribution in [3.63, 3.8) is 0 Å². The third kappa shape index (κ3) is 3.07. The molecule has 0 saturated carbocycles. The normalized spacial score (nSPS) is 24.8. The van der Waals surface area contributed by atoms with E-state index in [-0.39, 0.29) is 16.9 Å². The number of nitrogens with zero attached hydrogens (tertiary/aromatic N) is 1. The molecule has 3 aliphatic heterocycles. The van der Waals surface area contributed by atoms with E-state index in [1.165, 1.54) is 5.69 Å². The smallest absolute Gasteiger partial charge is 0.264 e. The van der Waals surface area contributed by atoms with E-state index in [1.54, 1.807) is 0 Å². The van der Waals surface area contributed by atoms with Crippen LogP contribution < -0.4 is 10.2 Å². The summed E-state index contributed by atoms with van der Waals surface area (Å²) in [6, 6.07) is 8.16. The van der Waals surface area contributed by atoms with Gasteiger partial charge in [-0.05, 0) is 35.5 Å². The number of benzene rings is 1. The number of carbonyl (C=O) groups is 1. The van der Waals surface area contributed by atoms with Crippen molar-refractivity contribution in [3.05, 3.63) is 34.7 Å².